The highest BCUT2D eigenvalue weighted by molar-refractivity contribution is 6.19. The molecule has 0 N–H and O–H groups in total. The Hall–Kier alpha value is -4.05. The van der Waals surface area contributed by atoms with E-state index in [1.807, 2.05) is 30.3 Å². The van der Waals surface area contributed by atoms with E-state index in [9.17, 15) is 14.9 Å². The Morgan fingerprint density at radius 3 is 2.22 bits per heavy atom. The highest BCUT2D eigenvalue weighted by atomic mass is 16.5. The van der Waals surface area contributed by atoms with Gasteiger partial charge in [-0.2, -0.15) is 5.26 Å². The Morgan fingerprint density at radius 2 is 1.62 bits per heavy atom. The van der Waals surface area contributed by atoms with Crippen LogP contribution in [0.3, 0.4) is 0 Å². The summed E-state index contributed by atoms with van der Waals surface area (Å²) < 4.78 is 15.7. The van der Waals surface area contributed by atoms with E-state index < -0.39 is 11.8 Å². The van der Waals surface area contributed by atoms with E-state index in [4.69, 9.17) is 14.2 Å². The van der Waals surface area contributed by atoms with Crippen LogP contribution in [0, 0.1) is 11.3 Å². The molecule has 0 bridgehead atoms. The Labute approximate surface area is 187 Å². The number of hydrogen-bond donors (Lipinski definition) is 0. The fraction of sp³-hybridized carbons (Fsp3) is 0.240. The van der Waals surface area contributed by atoms with Crippen LogP contribution in [0.25, 0.3) is 6.08 Å². The Balaban J connectivity index is 1.93. The predicted octanol–water partition coefficient (Wildman–Crippen LogP) is 3.55. The Bertz CT molecular complexity index is 1140. The van der Waals surface area contributed by atoms with Crippen LogP contribution in [0.15, 0.2) is 59.2 Å². The van der Waals surface area contributed by atoms with Gasteiger partial charge >= 0.3 is 0 Å². The molecule has 164 valence electrons. The number of carbonyl (C=O) groups excluding carboxylic acids is 2. The quantitative estimate of drug-likeness (QED) is 0.491. The van der Waals surface area contributed by atoms with Gasteiger partial charge in [-0.15, -0.1) is 0 Å². The summed E-state index contributed by atoms with van der Waals surface area (Å²) in [6, 6.07) is 14.6. The molecule has 2 aromatic carbocycles. The number of benzene rings is 2. The predicted molar refractivity (Wildman–Crippen MR) is 119 cm³/mol. The third kappa shape index (κ3) is 4.49. The maximum atomic E-state index is 13.2. The third-order valence-electron chi connectivity index (χ3n) is 5.33. The number of hydrogen-bond acceptors (Lipinski definition) is 6. The minimum absolute atomic E-state index is 0.0361. The number of carbonyl (C=O) groups is 2. The van der Waals surface area contributed by atoms with Crippen molar-refractivity contribution in [2.24, 2.45) is 0 Å². The van der Waals surface area contributed by atoms with Crippen molar-refractivity contribution in [3.8, 4) is 23.3 Å². The Morgan fingerprint density at radius 1 is 0.938 bits per heavy atom. The van der Waals surface area contributed by atoms with Crippen LogP contribution in [0.5, 0.6) is 17.2 Å². The van der Waals surface area contributed by atoms with Crippen LogP contribution < -0.4 is 14.2 Å². The minimum Gasteiger partial charge on any atom is -0.497 e. The zero-order valence-electron chi connectivity index (χ0n) is 18.5. The molecule has 0 radical (unpaired) electrons. The molecule has 1 heterocycles. The molecule has 2 amide bonds. The first-order valence-corrected chi connectivity index (χ1v) is 9.97. The number of rotatable bonds is 7. The maximum absolute atomic E-state index is 13.2. The molecular formula is C25H24N2O5. The summed E-state index contributed by atoms with van der Waals surface area (Å²) in [6.45, 7) is 1.77. The van der Waals surface area contributed by atoms with E-state index in [-0.39, 0.29) is 12.1 Å². The molecule has 0 spiro atoms. The van der Waals surface area contributed by atoms with Gasteiger partial charge in [-0.25, -0.2) is 0 Å². The lowest BCUT2D eigenvalue weighted by Gasteiger charge is -2.27. The van der Waals surface area contributed by atoms with Gasteiger partial charge < -0.3 is 14.2 Å². The van der Waals surface area contributed by atoms with E-state index in [1.54, 1.807) is 45.4 Å². The number of ether oxygens (including phenoxy) is 3. The molecule has 7 heteroatoms. The van der Waals surface area contributed by atoms with E-state index >= 15 is 0 Å². The first-order chi connectivity index (χ1) is 15.4. The topological polar surface area (TPSA) is 88.9 Å². The van der Waals surface area contributed by atoms with Crippen molar-refractivity contribution in [2.75, 3.05) is 27.9 Å². The van der Waals surface area contributed by atoms with E-state index in [0.29, 0.717) is 34.6 Å². The van der Waals surface area contributed by atoms with Crippen molar-refractivity contribution in [3.05, 3.63) is 70.3 Å². The molecule has 32 heavy (non-hydrogen) atoms. The monoisotopic (exact) mass is 432 g/mol. The summed E-state index contributed by atoms with van der Waals surface area (Å²) in [5.74, 6) is 0.790. The molecule has 0 aliphatic carbocycles. The fourth-order valence-corrected chi connectivity index (χ4v) is 3.48. The molecule has 0 saturated heterocycles. The van der Waals surface area contributed by atoms with E-state index in [2.05, 4.69) is 0 Å². The number of methoxy groups -OCH3 is 3. The van der Waals surface area contributed by atoms with Gasteiger partial charge in [0.05, 0.1) is 21.3 Å². The smallest absolute Gasteiger partial charge is 0.271 e. The summed E-state index contributed by atoms with van der Waals surface area (Å²) >= 11 is 0. The van der Waals surface area contributed by atoms with Crippen molar-refractivity contribution in [1.29, 1.82) is 5.26 Å². The van der Waals surface area contributed by atoms with Crippen molar-refractivity contribution < 1.29 is 23.8 Å². The van der Waals surface area contributed by atoms with Gasteiger partial charge in [-0.1, -0.05) is 18.2 Å². The van der Waals surface area contributed by atoms with Crippen LogP contribution in [0.4, 0.5) is 0 Å². The summed E-state index contributed by atoms with van der Waals surface area (Å²) in [5.41, 5.74) is 2.25. The maximum Gasteiger partial charge on any atom is 0.271 e. The van der Waals surface area contributed by atoms with Gasteiger partial charge in [0.2, 0.25) is 0 Å². The first kappa shape index (κ1) is 22.6. The summed E-state index contributed by atoms with van der Waals surface area (Å²) in [6.07, 6.45) is 2.12. The van der Waals surface area contributed by atoms with Gasteiger partial charge in [0.15, 0.2) is 11.5 Å². The van der Waals surface area contributed by atoms with E-state index in [0.717, 1.165) is 16.2 Å². The highest BCUT2D eigenvalue weighted by Crippen LogP contribution is 2.31. The molecule has 1 aliphatic heterocycles. The van der Waals surface area contributed by atoms with Crippen LogP contribution in [-0.2, 0) is 16.0 Å². The molecule has 0 aromatic heterocycles. The SMILES string of the molecule is COc1ccc(CCN2C(=O)C(C#N)=C(C)/C(=C\c3ccc(OC)c(OC)c3)C2=O)cc1. The van der Waals surface area contributed by atoms with Gasteiger partial charge in [0, 0.05) is 12.1 Å². The van der Waals surface area contributed by atoms with Crippen molar-refractivity contribution in [2.45, 2.75) is 13.3 Å². The molecule has 7 nitrogen and oxygen atoms in total. The fourth-order valence-electron chi connectivity index (χ4n) is 3.48. The number of imide groups is 1. The largest absolute Gasteiger partial charge is 0.497 e. The minimum atomic E-state index is -0.576. The molecule has 3 rings (SSSR count). The van der Waals surface area contributed by atoms with Gasteiger partial charge in [0.1, 0.15) is 17.4 Å². The van der Waals surface area contributed by atoms with Crippen molar-refractivity contribution >= 4 is 17.9 Å². The second kappa shape index (κ2) is 9.84. The molecule has 2 aromatic rings. The zero-order valence-corrected chi connectivity index (χ0v) is 18.5. The number of nitrogens with zero attached hydrogens (tertiary/aromatic N) is 2. The van der Waals surface area contributed by atoms with Crippen LogP contribution in [0.1, 0.15) is 18.1 Å². The zero-order chi connectivity index (χ0) is 23.3. The van der Waals surface area contributed by atoms with Gasteiger partial charge in [-0.05, 0) is 60.4 Å². The molecular weight excluding hydrogens is 408 g/mol. The first-order valence-electron chi connectivity index (χ1n) is 9.97. The lowest BCUT2D eigenvalue weighted by atomic mass is 9.93. The average molecular weight is 432 g/mol. The Kier molecular flexibility index (Phi) is 6.96. The summed E-state index contributed by atoms with van der Waals surface area (Å²) in [4.78, 5) is 27.2. The highest BCUT2D eigenvalue weighted by Gasteiger charge is 2.35. The molecule has 0 fully saturated rings. The van der Waals surface area contributed by atoms with Gasteiger partial charge in [0.25, 0.3) is 11.8 Å². The lowest BCUT2D eigenvalue weighted by molar-refractivity contribution is -0.140. The average Bonchev–Trinajstić information content (AvgIpc) is 2.82. The lowest BCUT2D eigenvalue weighted by Crippen LogP contribution is -2.43. The standard InChI is InChI=1S/C25H24N2O5/c1-16-20(13-18-7-10-22(31-3)23(14-18)32-4)24(28)27(25(29)21(16)15-26)12-11-17-5-8-19(30-2)9-6-17/h5-10,13-14H,11-12H2,1-4H3/b20-13+. The van der Waals surface area contributed by atoms with Gasteiger partial charge in [-0.3, -0.25) is 14.5 Å². The normalized spacial score (nSPS) is 15.1. The summed E-state index contributed by atoms with van der Waals surface area (Å²) in [7, 11) is 4.66. The van der Waals surface area contributed by atoms with Crippen molar-refractivity contribution in [1.82, 2.24) is 4.90 Å². The summed E-state index contributed by atoms with van der Waals surface area (Å²) in [5, 5.41) is 9.57. The van der Waals surface area contributed by atoms with Crippen LogP contribution in [-0.4, -0.2) is 44.6 Å². The number of amides is 2. The van der Waals surface area contributed by atoms with Crippen LogP contribution >= 0.6 is 0 Å². The van der Waals surface area contributed by atoms with Crippen LogP contribution in [0.2, 0.25) is 0 Å². The second-order valence-corrected chi connectivity index (χ2v) is 7.14. The second-order valence-electron chi connectivity index (χ2n) is 7.14. The molecule has 1 aliphatic rings. The molecule has 0 unspecified atom stereocenters. The van der Waals surface area contributed by atoms with Crippen molar-refractivity contribution in [3.63, 3.8) is 0 Å². The molecule has 0 atom stereocenters. The molecule has 0 saturated carbocycles. The third-order valence-corrected chi connectivity index (χ3v) is 5.33. The number of nitriles is 1. The van der Waals surface area contributed by atoms with E-state index in [1.165, 1.54) is 7.11 Å².